The number of hydrogen-bond donors (Lipinski definition) is 1. The van der Waals surface area contributed by atoms with Crippen molar-refractivity contribution in [2.45, 2.75) is 112 Å². The van der Waals surface area contributed by atoms with Crippen LogP contribution >= 0.6 is 0 Å². The Bertz CT molecular complexity index is 968. The molecule has 0 spiro atoms. The number of ether oxygens (including phenoxy) is 2. The van der Waals surface area contributed by atoms with E-state index in [2.05, 4.69) is 39.1 Å². The summed E-state index contributed by atoms with van der Waals surface area (Å²) in [4.78, 5) is 22.8. The van der Waals surface area contributed by atoms with Crippen LogP contribution < -0.4 is 5.32 Å². The van der Waals surface area contributed by atoms with Gasteiger partial charge in [0.15, 0.2) is 0 Å². The fourth-order valence-electron chi connectivity index (χ4n) is 9.34. The lowest BCUT2D eigenvalue weighted by molar-refractivity contribution is -0.148. The highest BCUT2D eigenvalue weighted by atomic mass is 16.5. The van der Waals surface area contributed by atoms with Gasteiger partial charge in [-0.1, -0.05) is 32.4 Å². The van der Waals surface area contributed by atoms with Gasteiger partial charge in [0.25, 0.3) is 0 Å². The third-order valence-electron chi connectivity index (χ3n) is 11.2. The molecule has 4 aliphatic carbocycles. The Morgan fingerprint density at radius 2 is 1.97 bits per heavy atom. The maximum Gasteiger partial charge on any atom is 0.302 e. The fraction of sp³-hybridized carbons (Fsp3) is 0.806. The molecule has 0 radical (unpaired) electrons. The normalized spacial score (nSPS) is 41.8. The van der Waals surface area contributed by atoms with Crippen LogP contribution in [-0.2, 0) is 19.1 Å². The van der Waals surface area contributed by atoms with E-state index in [1.165, 1.54) is 43.9 Å². The first kappa shape index (κ1) is 25.9. The van der Waals surface area contributed by atoms with Crippen molar-refractivity contribution in [1.82, 2.24) is 5.32 Å². The molecule has 0 aromatic carbocycles. The molecule has 0 bridgehead atoms. The highest BCUT2D eigenvalue weighted by Gasteiger charge is 2.63. The van der Waals surface area contributed by atoms with E-state index < -0.39 is 0 Å². The van der Waals surface area contributed by atoms with Crippen LogP contribution in [0.1, 0.15) is 99.3 Å². The lowest BCUT2D eigenvalue weighted by Gasteiger charge is -2.58. The second-order valence-electron chi connectivity index (χ2n) is 13.3. The van der Waals surface area contributed by atoms with Crippen LogP contribution in [0.5, 0.6) is 0 Å². The van der Waals surface area contributed by atoms with Crippen LogP contribution in [0.4, 0.5) is 0 Å². The Morgan fingerprint density at radius 1 is 1.19 bits per heavy atom. The number of carbonyl (C=O) groups excluding carboxylic acids is 2. The van der Waals surface area contributed by atoms with Crippen molar-refractivity contribution in [2.24, 2.45) is 40.4 Å². The maximum atomic E-state index is 11.5. The Hall–Kier alpha value is -1.78. The van der Waals surface area contributed by atoms with Gasteiger partial charge in [-0.05, 0) is 91.9 Å². The molecule has 1 amide bonds. The van der Waals surface area contributed by atoms with E-state index in [0.717, 1.165) is 56.4 Å². The molecule has 1 aliphatic heterocycles. The minimum absolute atomic E-state index is 0.0504. The lowest BCUT2D eigenvalue weighted by Crippen LogP contribution is -2.50. The van der Waals surface area contributed by atoms with Crippen molar-refractivity contribution in [3.63, 3.8) is 0 Å². The van der Waals surface area contributed by atoms with E-state index in [-0.39, 0.29) is 23.4 Å². The second-order valence-corrected chi connectivity index (χ2v) is 13.3. The van der Waals surface area contributed by atoms with Gasteiger partial charge in [-0.3, -0.25) is 9.59 Å². The molecular weight excluding hydrogens is 450 g/mol. The third kappa shape index (κ3) is 4.32. The molecule has 0 aromatic rings. The summed E-state index contributed by atoms with van der Waals surface area (Å²) in [7, 11) is 0. The van der Waals surface area contributed by atoms with Crippen LogP contribution in [0.3, 0.4) is 0 Å². The Labute approximate surface area is 217 Å². The van der Waals surface area contributed by atoms with E-state index >= 15 is 0 Å². The molecule has 3 fully saturated rings. The maximum absolute atomic E-state index is 11.5. The van der Waals surface area contributed by atoms with Gasteiger partial charge < -0.3 is 14.8 Å². The standard InChI is InChI=1S/C31H47NO4/c1-18(17-32-20(3)33)7-10-27-19(2)29-28(36-27)16-26-24-9-8-22-15-23(35-21(4)34)11-13-30(22,5)25(24)12-14-31(26,29)6/h8,18,23-26,28-29H,7,9-17H2,1-6H3,(H,32,33)/t18-,23-,24+,25-,26-,28+,29-,30-,31-/m0/s1. The van der Waals surface area contributed by atoms with E-state index in [9.17, 15) is 9.59 Å². The zero-order valence-corrected chi connectivity index (χ0v) is 23.3. The zero-order chi connectivity index (χ0) is 25.8. The molecule has 200 valence electrons. The first-order chi connectivity index (χ1) is 17.0. The summed E-state index contributed by atoms with van der Waals surface area (Å²) in [5, 5.41) is 2.95. The highest BCUT2D eigenvalue weighted by Crippen LogP contribution is 2.69. The van der Waals surface area contributed by atoms with Gasteiger partial charge >= 0.3 is 5.97 Å². The van der Waals surface area contributed by atoms with Crippen molar-refractivity contribution in [3.05, 3.63) is 23.0 Å². The average molecular weight is 498 g/mol. The molecule has 0 saturated heterocycles. The van der Waals surface area contributed by atoms with Crippen molar-refractivity contribution in [2.75, 3.05) is 6.54 Å². The van der Waals surface area contributed by atoms with Crippen LogP contribution in [0, 0.1) is 40.4 Å². The predicted molar refractivity (Wildman–Crippen MR) is 141 cm³/mol. The predicted octanol–water partition coefficient (Wildman–Crippen LogP) is 6.33. The zero-order valence-electron chi connectivity index (χ0n) is 23.3. The first-order valence-corrected chi connectivity index (χ1v) is 14.5. The number of amides is 1. The molecule has 0 aromatic heterocycles. The SMILES string of the molecule is CC(=O)NC[C@@H](C)CCC1=C(C)[C@H]2[C@@H](C[C@H]3[C@@H]4CC=C5C[C@@H](OC(C)=O)CC[C@]5(C)[C@H]4CC[C@@]32C)O1. The van der Waals surface area contributed by atoms with Gasteiger partial charge in [0, 0.05) is 39.2 Å². The quantitative estimate of drug-likeness (QED) is 0.344. The second kappa shape index (κ2) is 9.51. The van der Waals surface area contributed by atoms with E-state index in [4.69, 9.17) is 9.47 Å². The number of fused-ring (bicyclic) bond motifs is 7. The molecule has 3 saturated carbocycles. The smallest absolute Gasteiger partial charge is 0.302 e. The Kier molecular flexibility index (Phi) is 6.83. The highest BCUT2D eigenvalue weighted by molar-refractivity contribution is 5.72. The van der Waals surface area contributed by atoms with Crippen LogP contribution in [0.15, 0.2) is 23.0 Å². The van der Waals surface area contributed by atoms with Gasteiger partial charge in [-0.15, -0.1) is 0 Å². The van der Waals surface area contributed by atoms with E-state index in [0.29, 0.717) is 23.4 Å². The van der Waals surface area contributed by atoms with Crippen molar-refractivity contribution in [1.29, 1.82) is 0 Å². The lowest BCUT2D eigenvalue weighted by atomic mass is 9.47. The number of rotatable bonds is 6. The summed E-state index contributed by atoms with van der Waals surface area (Å²) in [5.41, 5.74) is 3.66. The number of nitrogens with one attached hydrogen (secondary N) is 1. The van der Waals surface area contributed by atoms with Crippen LogP contribution in [-0.4, -0.2) is 30.6 Å². The number of hydrogen-bond acceptors (Lipinski definition) is 4. The molecule has 9 atom stereocenters. The molecule has 5 rings (SSSR count). The number of carbonyl (C=O) groups is 2. The molecule has 36 heavy (non-hydrogen) atoms. The Morgan fingerprint density at radius 3 is 2.69 bits per heavy atom. The molecular formula is C31H47NO4. The third-order valence-corrected chi connectivity index (χ3v) is 11.2. The minimum atomic E-state index is -0.145. The summed E-state index contributed by atoms with van der Waals surface area (Å²) in [5.74, 6) is 4.37. The van der Waals surface area contributed by atoms with Gasteiger partial charge in [0.05, 0.1) is 5.76 Å². The van der Waals surface area contributed by atoms with Crippen molar-refractivity contribution in [3.8, 4) is 0 Å². The topological polar surface area (TPSA) is 64.6 Å². The van der Waals surface area contributed by atoms with E-state index in [1.807, 2.05) is 0 Å². The van der Waals surface area contributed by atoms with Crippen molar-refractivity contribution >= 4 is 11.9 Å². The number of esters is 1. The fourth-order valence-corrected chi connectivity index (χ4v) is 9.34. The summed E-state index contributed by atoms with van der Waals surface area (Å²) >= 11 is 0. The molecule has 5 heteroatoms. The van der Waals surface area contributed by atoms with Gasteiger partial charge in [-0.25, -0.2) is 0 Å². The monoisotopic (exact) mass is 497 g/mol. The number of allylic oxidation sites excluding steroid dienone is 2. The summed E-state index contributed by atoms with van der Waals surface area (Å²) in [6.45, 7) is 13.5. The van der Waals surface area contributed by atoms with E-state index in [1.54, 1.807) is 12.5 Å². The summed E-state index contributed by atoms with van der Waals surface area (Å²) in [6.07, 6.45) is 13.0. The van der Waals surface area contributed by atoms with Crippen molar-refractivity contribution < 1.29 is 19.1 Å². The molecule has 0 unspecified atom stereocenters. The molecule has 1 N–H and O–H groups in total. The van der Waals surface area contributed by atoms with Crippen LogP contribution in [0.25, 0.3) is 0 Å². The average Bonchev–Trinajstić information content (AvgIpc) is 3.29. The molecule has 1 heterocycles. The van der Waals surface area contributed by atoms with Crippen LogP contribution in [0.2, 0.25) is 0 Å². The van der Waals surface area contributed by atoms with Gasteiger partial charge in [-0.2, -0.15) is 0 Å². The van der Waals surface area contributed by atoms with Gasteiger partial charge in [0.1, 0.15) is 12.2 Å². The minimum Gasteiger partial charge on any atom is -0.494 e. The Balaban J connectivity index is 1.29. The first-order valence-electron chi connectivity index (χ1n) is 14.5. The largest absolute Gasteiger partial charge is 0.494 e. The van der Waals surface area contributed by atoms with Gasteiger partial charge in [0.2, 0.25) is 5.91 Å². The summed E-state index contributed by atoms with van der Waals surface area (Å²) in [6, 6.07) is 0. The summed E-state index contributed by atoms with van der Waals surface area (Å²) < 4.78 is 12.3. The molecule has 5 nitrogen and oxygen atoms in total. The molecule has 5 aliphatic rings.